The number of rotatable bonds is 2. The first-order valence-corrected chi connectivity index (χ1v) is 6.89. The molecule has 0 aliphatic heterocycles. The molecule has 108 valence electrons. The topological polar surface area (TPSA) is 50.9 Å². The molecule has 0 radical (unpaired) electrons. The summed E-state index contributed by atoms with van der Waals surface area (Å²) in [6, 6.07) is 4.31. The molecule has 0 unspecified atom stereocenters. The number of aromatic nitrogens is 3. The molecule has 20 heavy (non-hydrogen) atoms. The van der Waals surface area contributed by atoms with Crippen molar-refractivity contribution < 1.29 is 5.11 Å². The Morgan fingerprint density at radius 1 is 1.05 bits per heavy atom. The monoisotopic (exact) mass is 273 g/mol. The van der Waals surface area contributed by atoms with Gasteiger partial charge in [0.1, 0.15) is 6.61 Å². The molecule has 1 aromatic heterocycles. The Balaban J connectivity index is 2.75. The maximum atomic E-state index is 9.50. The predicted octanol–water partition coefficient (Wildman–Crippen LogP) is 3.12. The molecule has 0 saturated heterocycles. The van der Waals surface area contributed by atoms with Gasteiger partial charge >= 0.3 is 0 Å². The van der Waals surface area contributed by atoms with Gasteiger partial charge in [0.05, 0.1) is 0 Å². The predicted molar refractivity (Wildman–Crippen MR) is 80.6 cm³/mol. The van der Waals surface area contributed by atoms with Crippen LogP contribution in [0.3, 0.4) is 0 Å². The van der Waals surface area contributed by atoms with E-state index >= 15 is 0 Å². The molecule has 4 nitrogen and oxygen atoms in total. The fraction of sp³-hybridized carbons (Fsp3) is 0.500. The van der Waals surface area contributed by atoms with Gasteiger partial charge in [-0.3, -0.25) is 0 Å². The highest BCUT2D eigenvalue weighted by Gasteiger charge is 2.25. The van der Waals surface area contributed by atoms with Crippen molar-refractivity contribution in [2.24, 2.45) is 0 Å². The van der Waals surface area contributed by atoms with Crippen molar-refractivity contribution in [1.82, 2.24) is 14.8 Å². The van der Waals surface area contributed by atoms with Gasteiger partial charge in [0.15, 0.2) is 11.6 Å². The summed E-state index contributed by atoms with van der Waals surface area (Å²) in [6.07, 6.45) is 0. The van der Waals surface area contributed by atoms with E-state index in [4.69, 9.17) is 0 Å². The van der Waals surface area contributed by atoms with Crippen LogP contribution in [0.2, 0.25) is 0 Å². The van der Waals surface area contributed by atoms with Crippen LogP contribution in [0.15, 0.2) is 12.1 Å². The van der Waals surface area contributed by atoms with Crippen LogP contribution >= 0.6 is 0 Å². The molecule has 0 amide bonds. The summed E-state index contributed by atoms with van der Waals surface area (Å²) < 4.78 is 2.03. The van der Waals surface area contributed by atoms with Crippen molar-refractivity contribution in [2.45, 2.75) is 53.7 Å². The smallest absolute Gasteiger partial charge is 0.165 e. The largest absolute Gasteiger partial charge is 0.388 e. The highest BCUT2D eigenvalue weighted by atomic mass is 16.3. The van der Waals surface area contributed by atoms with Gasteiger partial charge in [-0.05, 0) is 52.7 Å². The molecule has 0 fully saturated rings. The van der Waals surface area contributed by atoms with Crippen molar-refractivity contribution in [3.63, 3.8) is 0 Å². The van der Waals surface area contributed by atoms with Crippen LogP contribution in [0.25, 0.3) is 11.4 Å². The third-order valence-electron chi connectivity index (χ3n) is 3.44. The summed E-state index contributed by atoms with van der Waals surface area (Å²) in [7, 11) is 0. The average Bonchev–Trinajstić information content (AvgIpc) is 2.70. The Hall–Kier alpha value is -1.68. The molecule has 0 atom stereocenters. The highest BCUT2D eigenvalue weighted by molar-refractivity contribution is 5.66. The lowest BCUT2D eigenvalue weighted by atomic mass is 9.98. The van der Waals surface area contributed by atoms with E-state index in [-0.39, 0.29) is 12.1 Å². The second-order valence-electron chi connectivity index (χ2n) is 6.38. The van der Waals surface area contributed by atoms with Gasteiger partial charge < -0.3 is 9.67 Å². The fourth-order valence-electron chi connectivity index (χ4n) is 2.82. The van der Waals surface area contributed by atoms with Crippen molar-refractivity contribution in [3.05, 3.63) is 34.6 Å². The van der Waals surface area contributed by atoms with E-state index in [0.717, 1.165) is 11.4 Å². The Morgan fingerprint density at radius 2 is 1.60 bits per heavy atom. The molecule has 0 aliphatic carbocycles. The Morgan fingerprint density at radius 3 is 2.05 bits per heavy atom. The van der Waals surface area contributed by atoms with Gasteiger partial charge in [0.25, 0.3) is 0 Å². The summed E-state index contributed by atoms with van der Waals surface area (Å²) in [6.45, 7) is 12.5. The van der Waals surface area contributed by atoms with E-state index in [1.165, 1.54) is 16.7 Å². The van der Waals surface area contributed by atoms with Crippen molar-refractivity contribution >= 4 is 0 Å². The second-order valence-corrected chi connectivity index (χ2v) is 6.38. The minimum absolute atomic E-state index is 0.103. The molecule has 1 heterocycles. The molecule has 0 aliphatic rings. The molecule has 1 N–H and O–H groups in total. The highest BCUT2D eigenvalue weighted by Crippen LogP contribution is 2.31. The van der Waals surface area contributed by atoms with E-state index in [0.29, 0.717) is 5.82 Å². The molecule has 0 spiro atoms. The first-order valence-electron chi connectivity index (χ1n) is 6.89. The summed E-state index contributed by atoms with van der Waals surface area (Å²) in [5.41, 5.74) is 4.54. The summed E-state index contributed by atoms with van der Waals surface area (Å²) in [5.74, 6) is 1.43. The van der Waals surface area contributed by atoms with E-state index in [1.807, 2.05) is 4.57 Å². The Kier molecular flexibility index (Phi) is 3.69. The third-order valence-corrected chi connectivity index (χ3v) is 3.44. The lowest BCUT2D eigenvalue weighted by Gasteiger charge is -2.25. The van der Waals surface area contributed by atoms with Crippen LogP contribution in [0.4, 0.5) is 0 Å². The number of hydrogen-bond donors (Lipinski definition) is 1. The van der Waals surface area contributed by atoms with E-state index < -0.39 is 0 Å². The minimum Gasteiger partial charge on any atom is -0.388 e. The van der Waals surface area contributed by atoms with Gasteiger partial charge in [-0.25, -0.2) is 0 Å². The van der Waals surface area contributed by atoms with Gasteiger partial charge in [-0.2, -0.15) is 0 Å². The standard InChI is InChI=1S/C16H23N3O/c1-10-7-11(2)14(12(3)8-10)15-18-17-13(9-20)19(15)16(4,5)6/h7-8,20H,9H2,1-6H3. The molecular formula is C16H23N3O. The molecule has 0 bridgehead atoms. The zero-order chi connectivity index (χ0) is 15.1. The zero-order valence-electron chi connectivity index (χ0n) is 13.2. The van der Waals surface area contributed by atoms with Crippen molar-refractivity contribution in [1.29, 1.82) is 0 Å². The van der Waals surface area contributed by atoms with Gasteiger partial charge in [-0.1, -0.05) is 17.7 Å². The van der Waals surface area contributed by atoms with Crippen LogP contribution in [-0.2, 0) is 12.1 Å². The van der Waals surface area contributed by atoms with E-state index in [1.54, 1.807) is 0 Å². The van der Waals surface area contributed by atoms with Crippen molar-refractivity contribution in [3.8, 4) is 11.4 Å². The van der Waals surface area contributed by atoms with Crippen LogP contribution in [0, 0.1) is 20.8 Å². The second kappa shape index (κ2) is 5.02. The number of aliphatic hydroxyl groups excluding tert-OH is 1. The number of hydrogen-bond acceptors (Lipinski definition) is 3. The summed E-state index contributed by atoms with van der Waals surface area (Å²) in [4.78, 5) is 0. The Labute approximate surface area is 120 Å². The molecule has 1 aromatic carbocycles. The minimum atomic E-state index is -0.180. The number of nitrogens with zero attached hydrogens (tertiary/aromatic N) is 3. The van der Waals surface area contributed by atoms with Crippen LogP contribution in [0.5, 0.6) is 0 Å². The molecular weight excluding hydrogens is 250 g/mol. The summed E-state index contributed by atoms with van der Waals surface area (Å²) in [5, 5.41) is 18.0. The lowest BCUT2D eigenvalue weighted by molar-refractivity contribution is 0.250. The van der Waals surface area contributed by atoms with Gasteiger partial charge in [0, 0.05) is 11.1 Å². The SMILES string of the molecule is Cc1cc(C)c(-c2nnc(CO)n2C(C)(C)C)c(C)c1. The third kappa shape index (κ3) is 2.48. The lowest BCUT2D eigenvalue weighted by Crippen LogP contribution is -2.25. The maximum absolute atomic E-state index is 9.50. The van der Waals surface area contributed by atoms with E-state index in [2.05, 4.69) is 63.9 Å². The number of aliphatic hydroxyl groups is 1. The van der Waals surface area contributed by atoms with Gasteiger partial charge in [-0.15, -0.1) is 10.2 Å². The van der Waals surface area contributed by atoms with E-state index in [9.17, 15) is 5.11 Å². The normalized spacial score (nSPS) is 11.9. The molecule has 4 heteroatoms. The van der Waals surface area contributed by atoms with Crippen LogP contribution < -0.4 is 0 Å². The molecule has 0 saturated carbocycles. The first kappa shape index (κ1) is 14.7. The Bertz CT molecular complexity index is 613. The average molecular weight is 273 g/mol. The summed E-state index contributed by atoms with van der Waals surface area (Å²) >= 11 is 0. The number of aryl methyl sites for hydroxylation is 3. The number of benzene rings is 1. The first-order chi connectivity index (χ1) is 9.25. The maximum Gasteiger partial charge on any atom is 0.165 e. The fourth-order valence-corrected chi connectivity index (χ4v) is 2.82. The zero-order valence-corrected chi connectivity index (χ0v) is 13.2. The van der Waals surface area contributed by atoms with Crippen LogP contribution in [-0.4, -0.2) is 19.9 Å². The molecule has 2 aromatic rings. The molecule has 2 rings (SSSR count). The van der Waals surface area contributed by atoms with Crippen molar-refractivity contribution in [2.75, 3.05) is 0 Å². The quantitative estimate of drug-likeness (QED) is 0.914. The van der Waals surface area contributed by atoms with Crippen LogP contribution in [0.1, 0.15) is 43.3 Å². The van der Waals surface area contributed by atoms with Gasteiger partial charge in [0.2, 0.25) is 0 Å².